The molecule has 3 rings (SSSR count). The van der Waals surface area contributed by atoms with Crippen molar-refractivity contribution in [2.24, 2.45) is 5.41 Å². The Morgan fingerprint density at radius 2 is 1.82 bits per heavy atom. The number of nitrogen functional groups attached to an aromatic ring is 1. The lowest BCUT2D eigenvalue weighted by Gasteiger charge is -2.65. The minimum Gasteiger partial charge on any atom is -0.487 e. The molecule has 2 aromatic rings. The summed E-state index contributed by atoms with van der Waals surface area (Å²) in [6, 6.07) is 13.9. The molecule has 5 nitrogen and oxygen atoms in total. The van der Waals surface area contributed by atoms with Gasteiger partial charge >= 0.3 is 0 Å². The summed E-state index contributed by atoms with van der Waals surface area (Å²) in [6.45, 7) is 8.20. The number of nitrogens with two attached hydrogens (primary N) is 1. The van der Waals surface area contributed by atoms with E-state index < -0.39 is 11.1 Å². The molecule has 1 aliphatic carbocycles. The van der Waals surface area contributed by atoms with Gasteiger partial charge in [0.15, 0.2) is 0 Å². The van der Waals surface area contributed by atoms with Crippen LogP contribution in [0.4, 0.5) is 5.69 Å². The van der Waals surface area contributed by atoms with Gasteiger partial charge < -0.3 is 15.8 Å². The van der Waals surface area contributed by atoms with E-state index in [1.807, 2.05) is 19.9 Å². The maximum Gasteiger partial charge on any atom is 0.251 e. The number of ether oxygens (including phenoxy) is 1. The van der Waals surface area contributed by atoms with E-state index in [0.717, 1.165) is 0 Å². The second-order valence-corrected chi connectivity index (χ2v) is 8.70. The molecule has 1 fully saturated rings. The Morgan fingerprint density at radius 1 is 1.18 bits per heavy atom. The summed E-state index contributed by atoms with van der Waals surface area (Å²) in [5, 5.41) is 12.5. The number of amides is 1. The zero-order chi connectivity index (χ0) is 20.7. The molecule has 2 aromatic carbocycles. The predicted octanol–water partition coefficient (Wildman–Crippen LogP) is 4.55. The van der Waals surface area contributed by atoms with Crippen molar-refractivity contribution in [3.05, 3.63) is 58.6 Å². The van der Waals surface area contributed by atoms with E-state index in [4.69, 9.17) is 27.3 Å². The normalized spacial score (nSPS) is 25.3. The zero-order valence-electron chi connectivity index (χ0n) is 16.5. The van der Waals surface area contributed by atoms with Gasteiger partial charge in [-0.15, -0.1) is 0 Å². The number of nitrogens with zero attached hydrogens (tertiary/aromatic N) is 1. The van der Waals surface area contributed by atoms with Crippen LogP contribution in [-0.4, -0.2) is 17.0 Å². The molecule has 2 atom stereocenters. The number of carbonyl (C=O) groups is 1. The fraction of sp³-hybridized carbons (Fsp3) is 0.364. The van der Waals surface area contributed by atoms with Gasteiger partial charge in [0, 0.05) is 29.2 Å². The molecule has 6 heteroatoms. The number of nitrogens with one attached hydrogen (secondary N) is 1. The van der Waals surface area contributed by atoms with Crippen LogP contribution in [0.5, 0.6) is 5.75 Å². The Hall–Kier alpha value is -2.71. The minimum absolute atomic E-state index is 0.140. The summed E-state index contributed by atoms with van der Waals surface area (Å²) < 4.78 is 6.27. The van der Waals surface area contributed by atoms with Crippen LogP contribution in [0.1, 0.15) is 50.0 Å². The molecular formula is C22H24ClN3O2. The van der Waals surface area contributed by atoms with Crippen molar-refractivity contribution < 1.29 is 9.53 Å². The van der Waals surface area contributed by atoms with Crippen LogP contribution >= 0.6 is 11.6 Å². The Bertz CT molecular complexity index is 965. The molecule has 0 spiro atoms. The van der Waals surface area contributed by atoms with Crippen molar-refractivity contribution in [3.8, 4) is 11.8 Å². The summed E-state index contributed by atoms with van der Waals surface area (Å²) >= 11 is 6.13. The molecule has 0 bridgehead atoms. The first kappa shape index (κ1) is 20.0. The lowest BCUT2D eigenvalue weighted by molar-refractivity contribution is -0.180. The monoisotopic (exact) mass is 397 g/mol. The van der Waals surface area contributed by atoms with Crippen molar-refractivity contribution in [1.82, 2.24) is 5.32 Å². The number of hydrogen-bond donors (Lipinski definition) is 2. The summed E-state index contributed by atoms with van der Waals surface area (Å²) in [4.78, 5) is 12.7. The molecule has 1 aliphatic rings. The number of hydrogen-bond acceptors (Lipinski definition) is 4. The van der Waals surface area contributed by atoms with E-state index >= 15 is 0 Å². The highest BCUT2D eigenvalue weighted by molar-refractivity contribution is 6.31. The molecule has 3 N–H and O–H groups in total. The molecule has 0 aromatic heterocycles. The number of anilines is 1. The van der Waals surface area contributed by atoms with Gasteiger partial charge in [0.05, 0.1) is 16.1 Å². The predicted molar refractivity (Wildman–Crippen MR) is 110 cm³/mol. The zero-order valence-corrected chi connectivity index (χ0v) is 17.2. The second kappa shape index (κ2) is 6.72. The average molecular weight is 398 g/mol. The third kappa shape index (κ3) is 3.18. The average Bonchev–Trinajstić information content (AvgIpc) is 2.62. The lowest BCUT2D eigenvalue weighted by Crippen LogP contribution is -2.77. The molecule has 1 amide bonds. The van der Waals surface area contributed by atoms with Crippen molar-refractivity contribution in [2.75, 3.05) is 5.73 Å². The molecule has 0 radical (unpaired) electrons. The minimum atomic E-state index is -0.506. The molecule has 0 heterocycles. The topological polar surface area (TPSA) is 88.1 Å². The maximum absolute atomic E-state index is 12.7. The maximum atomic E-state index is 12.7. The van der Waals surface area contributed by atoms with E-state index in [2.05, 4.69) is 19.2 Å². The first-order chi connectivity index (χ1) is 13.0. The molecule has 0 aliphatic heterocycles. The van der Waals surface area contributed by atoms with Crippen molar-refractivity contribution in [3.63, 3.8) is 0 Å². The molecule has 28 heavy (non-hydrogen) atoms. The Balaban J connectivity index is 1.76. The van der Waals surface area contributed by atoms with Gasteiger partial charge in [0.2, 0.25) is 0 Å². The Morgan fingerprint density at radius 3 is 2.36 bits per heavy atom. The SMILES string of the molecule is CC1(NC(=O)c2ccc(N)cc2)CC(C)(Oc2ccc(C#N)c(Cl)c2)C1(C)C. The summed E-state index contributed by atoms with van der Waals surface area (Å²) in [5.74, 6) is 0.463. The van der Waals surface area contributed by atoms with Crippen LogP contribution in [-0.2, 0) is 0 Å². The van der Waals surface area contributed by atoms with Crippen molar-refractivity contribution in [1.29, 1.82) is 5.26 Å². The molecule has 1 saturated carbocycles. The highest BCUT2D eigenvalue weighted by Gasteiger charge is 2.67. The van der Waals surface area contributed by atoms with E-state index in [9.17, 15) is 4.79 Å². The highest BCUT2D eigenvalue weighted by atomic mass is 35.5. The quantitative estimate of drug-likeness (QED) is 0.740. The fourth-order valence-electron chi connectivity index (χ4n) is 3.82. The molecular weight excluding hydrogens is 374 g/mol. The van der Waals surface area contributed by atoms with E-state index in [0.29, 0.717) is 34.0 Å². The fourth-order valence-corrected chi connectivity index (χ4v) is 4.04. The largest absolute Gasteiger partial charge is 0.487 e. The molecule has 146 valence electrons. The van der Waals surface area contributed by atoms with Gasteiger partial charge in [-0.25, -0.2) is 0 Å². The van der Waals surface area contributed by atoms with Gasteiger partial charge in [-0.3, -0.25) is 4.79 Å². The Kier molecular flexibility index (Phi) is 4.81. The van der Waals surface area contributed by atoms with Gasteiger partial charge in [0.25, 0.3) is 5.91 Å². The number of rotatable bonds is 4. The highest BCUT2D eigenvalue weighted by Crippen LogP contribution is 2.58. The first-order valence-corrected chi connectivity index (χ1v) is 9.46. The molecule has 2 unspecified atom stereocenters. The van der Waals surface area contributed by atoms with Gasteiger partial charge in [-0.1, -0.05) is 25.4 Å². The second-order valence-electron chi connectivity index (χ2n) is 8.30. The third-order valence-electron chi connectivity index (χ3n) is 6.36. The summed E-state index contributed by atoms with van der Waals surface area (Å²) in [7, 11) is 0. The van der Waals surface area contributed by atoms with Gasteiger partial charge in [-0.2, -0.15) is 5.26 Å². The van der Waals surface area contributed by atoms with Crippen LogP contribution in [0.25, 0.3) is 0 Å². The van der Waals surface area contributed by atoms with Gasteiger partial charge in [-0.05, 0) is 50.2 Å². The van der Waals surface area contributed by atoms with Crippen LogP contribution in [0.3, 0.4) is 0 Å². The molecule has 0 saturated heterocycles. The van der Waals surface area contributed by atoms with Gasteiger partial charge in [0.1, 0.15) is 17.4 Å². The van der Waals surface area contributed by atoms with Crippen LogP contribution in [0.2, 0.25) is 5.02 Å². The van der Waals surface area contributed by atoms with Crippen molar-refractivity contribution in [2.45, 2.75) is 45.3 Å². The van der Waals surface area contributed by atoms with E-state index in [1.165, 1.54) is 0 Å². The summed E-state index contributed by atoms with van der Waals surface area (Å²) in [6.07, 6.45) is 0.630. The standard InChI is InChI=1S/C22H24ClN3O2/c1-20(2)21(3,26-19(27)14-5-8-16(25)9-6-14)13-22(20,4)28-17-10-7-15(12-24)18(23)11-17/h5-11H,13,25H2,1-4H3,(H,26,27). The number of carbonyl (C=O) groups excluding carboxylic acids is 1. The van der Waals surface area contributed by atoms with E-state index in [-0.39, 0.29) is 11.3 Å². The number of halogens is 1. The van der Waals surface area contributed by atoms with E-state index in [1.54, 1.807) is 42.5 Å². The summed E-state index contributed by atoms with van der Waals surface area (Å²) in [5.41, 5.74) is 5.98. The first-order valence-electron chi connectivity index (χ1n) is 9.08. The lowest BCUT2D eigenvalue weighted by atomic mass is 9.48. The smallest absolute Gasteiger partial charge is 0.251 e. The van der Waals surface area contributed by atoms with Crippen LogP contribution in [0, 0.1) is 16.7 Å². The number of nitriles is 1. The number of benzene rings is 2. The third-order valence-corrected chi connectivity index (χ3v) is 6.67. The Labute approximate surface area is 170 Å². The van der Waals surface area contributed by atoms with Crippen molar-refractivity contribution >= 4 is 23.2 Å². The van der Waals surface area contributed by atoms with Crippen LogP contribution in [0.15, 0.2) is 42.5 Å². The van der Waals surface area contributed by atoms with Crippen LogP contribution < -0.4 is 15.8 Å².